The summed E-state index contributed by atoms with van der Waals surface area (Å²) in [6.07, 6.45) is -6.62. The Kier molecular flexibility index (Phi) is 2.10. The number of rotatable bonds is 1. The first-order valence-corrected chi connectivity index (χ1v) is 2.99. The van der Waals surface area contributed by atoms with Crippen molar-refractivity contribution in [3.05, 3.63) is 0 Å². The molecule has 3 atom stereocenters. The van der Waals surface area contributed by atoms with E-state index in [0.717, 1.165) is 0 Å². The molecule has 0 radical (unpaired) electrons. The number of alkyl halides is 2. The molecule has 0 aromatic rings. The molecular formula is C5H8F2O4. The molecule has 1 fully saturated rings. The quantitative estimate of drug-likeness (QED) is 0.457. The highest BCUT2D eigenvalue weighted by Gasteiger charge is 2.54. The first-order valence-electron chi connectivity index (χ1n) is 2.99. The lowest BCUT2D eigenvalue weighted by molar-refractivity contribution is -0.277. The van der Waals surface area contributed by atoms with Gasteiger partial charge in [-0.15, -0.1) is 0 Å². The van der Waals surface area contributed by atoms with Crippen LogP contribution in [0.1, 0.15) is 0 Å². The van der Waals surface area contributed by atoms with E-state index in [0.29, 0.717) is 0 Å². The minimum Gasteiger partial charge on any atom is -0.388 e. The highest BCUT2D eigenvalue weighted by Crippen LogP contribution is 2.29. The van der Waals surface area contributed by atoms with Crippen LogP contribution in [-0.2, 0) is 4.74 Å². The largest absolute Gasteiger partial charge is 0.388 e. The minimum absolute atomic E-state index is 0.484. The minimum atomic E-state index is -3.23. The molecule has 4 nitrogen and oxygen atoms in total. The van der Waals surface area contributed by atoms with E-state index in [9.17, 15) is 8.78 Å². The third-order valence-electron chi connectivity index (χ3n) is 1.59. The van der Waals surface area contributed by atoms with Crippen LogP contribution in [0.2, 0.25) is 0 Å². The lowest BCUT2D eigenvalue weighted by Gasteiger charge is -2.24. The average Bonchev–Trinajstić information content (AvgIpc) is 2.18. The molecular weight excluding hydrogens is 162 g/mol. The zero-order valence-corrected chi connectivity index (χ0v) is 5.44. The zero-order chi connectivity index (χ0) is 8.65. The number of hydrogen-bond donors (Lipinski definition) is 3. The highest BCUT2D eigenvalue weighted by molar-refractivity contribution is 4.90. The van der Waals surface area contributed by atoms with Crippen LogP contribution in [0.4, 0.5) is 8.78 Å². The molecule has 0 amide bonds. The summed E-state index contributed by atoms with van der Waals surface area (Å²) in [5, 5.41) is 26.3. The van der Waals surface area contributed by atoms with Gasteiger partial charge in [0, 0.05) is 0 Å². The first-order chi connectivity index (χ1) is 4.98. The Morgan fingerprint density at radius 1 is 1.45 bits per heavy atom. The second kappa shape index (κ2) is 2.63. The topological polar surface area (TPSA) is 69.9 Å². The Balaban J connectivity index is 2.73. The van der Waals surface area contributed by atoms with Gasteiger partial charge in [0.05, 0.1) is 6.61 Å². The molecule has 1 rings (SSSR count). The maximum atomic E-state index is 11.9. The van der Waals surface area contributed by atoms with Crippen LogP contribution < -0.4 is 0 Å². The van der Waals surface area contributed by atoms with Gasteiger partial charge in [-0.2, -0.15) is 0 Å². The normalized spacial score (nSPS) is 45.3. The Bertz CT molecular complexity index is 153. The highest BCUT2D eigenvalue weighted by atomic mass is 19.3. The average molecular weight is 170 g/mol. The van der Waals surface area contributed by atoms with Crippen molar-refractivity contribution < 1.29 is 28.8 Å². The molecule has 1 aliphatic rings. The Morgan fingerprint density at radius 3 is 2.18 bits per heavy atom. The van der Waals surface area contributed by atoms with Crippen molar-refractivity contribution >= 4 is 0 Å². The van der Waals surface area contributed by atoms with E-state index in [4.69, 9.17) is 15.3 Å². The molecule has 0 aromatic heterocycles. The summed E-state index contributed by atoms with van der Waals surface area (Å²) < 4.78 is 27.9. The molecule has 6 heteroatoms. The van der Waals surface area contributed by atoms with Gasteiger partial charge in [0.15, 0.2) is 0 Å². The van der Waals surface area contributed by atoms with Crippen LogP contribution >= 0.6 is 0 Å². The number of aliphatic hydroxyl groups excluding tert-OH is 2. The summed E-state index contributed by atoms with van der Waals surface area (Å²) >= 11 is 0. The Labute approximate surface area is 61.0 Å². The molecule has 0 saturated carbocycles. The third kappa shape index (κ3) is 1.22. The molecule has 3 N–H and O–H groups in total. The number of aliphatic hydroxyl groups is 3. The summed E-state index contributed by atoms with van der Waals surface area (Å²) in [6.45, 7) is -0.484. The van der Waals surface area contributed by atoms with Gasteiger partial charge in [0.2, 0.25) is 0 Å². The van der Waals surface area contributed by atoms with Gasteiger partial charge in [0.1, 0.15) is 12.2 Å². The molecule has 0 unspecified atom stereocenters. The van der Waals surface area contributed by atoms with E-state index < -0.39 is 31.0 Å². The van der Waals surface area contributed by atoms with E-state index >= 15 is 0 Å². The molecule has 1 saturated heterocycles. The molecule has 66 valence electrons. The van der Waals surface area contributed by atoms with Crippen LogP contribution in [0.5, 0.6) is 0 Å². The number of ether oxygens (including phenoxy) is 1. The van der Waals surface area contributed by atoms with Crippen molar-refractivity contribution in [2.45, 2.75) is 24.4 Å². The standard InChI is InChI=1S/C5H8F2O4/c6-4(7)5(10)3(9)2(8)1-11-5/h2-4,8-10H,1H2/t2-,3+,5+/m1/s1. The van der Waals surface area contributed by atoms with Gasteiger partial charge in [-0.25, -0.2) is 8.78 Å². The zero-order valence-electron chi connectivity index (χ0n) is 5.44. The molecule has 1 aliphatic heterocycles. The van der Waals surface area contributed by atoms with Crippen LogP contribution in [0.3, 0.4) is 0 Å². The van der Waals surface area contributed by atoms with Crippen LogP contribution in [0.15, 0.2) is 0 Å². The summed E-state index contributed by atoms with van der Waals surface area (Å²) in [5.41, 5.74) is 0. The molecule has 0 aliphatic carbocycles. The summed E-state index contributed by atoms with van der Waals surface area (Å²) in [5.74, 6) is -2.90. The van der Waals surface area contributed by atoms with Crippen LogP contribution in [0.25, 0.3) is 0 Å². The smallest absolute Gasteiger partial charge is 0.294 e. The maximum absolute atomic E-state index is 11.9. The monoisotopic (exact) mass is 170 g/mol. The lowest BCUT2D eigenvalue weighted by Crippen LogP contribution is -2.48. The van der Waals surface area contributed by atoms with Gasteiger partial charge in [-0.1, -0.05) is 0 Å². The molecule has 0 aromatic carbocycles. The van der Waals surface area contributed by atoms with Gasteiger partial charge >= 0.3 is 0 Å². The van der Waals surface area contributed by atoms with Crippen LogP contribution in [-0.4, -0.2) is 46.3 Å². The van der Waals surface area contributed by atoms with Crippen molar-refractivity contribution in [1.82, 2.24) is 0 Å². The van der Waals surface area contributed by atoms with E-state index in [1.165, 1.54) is 0 Å². The molecule has 0 spiro atoms. The SMILES string of the molecule is O[C@@H]1CO[C@](O)(C(F)F)[C@H]1O. The predicted octanol–water partition coefficient (Wildman–Crippen LogP) is -1.31. The number of hydrogen-bond acceptors (Lipinski definition) is 4. The van der Waals surface area contributed by atoms with Gasteiger partial charge in [-0.05, 0) is 0 Å². The summed E-state index contributed by atoms with van der Waals surface area (Å²) in [6, 6.07) is 0. The van der Waals surface area contributed by atoms with Crippen molar-refractivity contribution in [2.75, 3.05) is 6.61 Å². The molecule has 11 heavy (non-hydrogen) atoms. The van der Waals surface area contributed by atoms with E-state index in [1.807, 2.05) is 0 Å². The fourth-order valence-electron chi connectivity index (χ4n) is 0.863. The van der Waals surface area contributed by atoms with Gasteiger partial charge < -0.3 is 20.1 Å². The second-order valence-electron chi connectivity index (χ2n) is 2.38. The lowest BCUT2D eigenvalue weighted by atomic mass is 10.1. The predicted molar refractivity (Wildman–Crippen MR) is 28.9 cm³/mol. The summed E-state index contributed by atoms with van der Waals surface area (Å²) in [4.78, 5) is 0. The summed E-state index contributed by atoms with van der Waals surface area (Å²) in [7, 11) is 0. The van der Waals surface area contributed by atoms with Gasteiger partial charge in [-0.3, -0.25) is 0 Å². The molecule has 1 heterocycles. The van der Waals surface area contributed by atoms with Crippen LogP contribution in [0, 0.1) is 0 Å². The van der Waals surface area contributed by atoms with Gasteiger partial charge in [0.25, 0.3) is 12.2 Å². The maximum Gasteiger partial charge on any atom is 0.294 e. The molecule has 0 bridgehead atoms. The van der Waals surface area contributed by atoms with Crippen molar-refractivity contribution in [3.8, 4) is 0 Å². The van der Waals surface area contributed by atoms with Crippen molar-refractivity contribution in [3.63, 3.8) is 0 Å². The second-order valence-corrected chi connectivity index (χ2v) is 2.38. The first kappa shape index (κ1) is 8.79. The van der Waals surface area contributed by atoms with E-state index in [-0.39, 0.29) is 0 Å². The Morgan fingerprint density at radius 2 is 2.00 bits per heavy atom. The van der Waals surface area contributed by atoms with E-state index in [1.54, 1.807) is 0 Å². The number of halogens is 2. The fourth-order valence-corrected chi connectivity index (χ4v) is 0.863. The third-order valence-corrected chi connectivity index (χ3v) is 1.59. The van der Waals surface area contributed by atoms with Crippen molar-refractivity contribution in [1.29, 1.82) is 0 Å². The fraction of sp³-hybridized carbons (Fsp3) is 1.00. The van der Waals surface area contributed by atoms with Crippen molar-refractivity contribution in [2.24, 2.45) is 0 Å². The Hall–Kier alpha value is -0.300. The van der Waals surface area contributed by atoms with E-state index in [2.05, 4.69) is 4.74 Å².